The number of nitrogens with zero attached hydrogens (tertiary/aromatic N) is 1. The summed E-state index contributed by atoms with van der Waals surface area (Å²) in [5, 5.41) is 0. The summed E-state index contributed by atoms with van der Waals surface area (Å²) in [7, 11) is 0. The van der Waals surface area contributed by atoms with Gasteiger partial charge in [0.05, 0.1) is 5.69 Å². The molecule has 0 atom stereocenters. The fourth-order valence-corrected chi connectivity index (χ4v) is 2.15. The second-order valence-corrected chi connectivity index (χ2v) is 5.26. The van der Waals surface area contributed by atoms with E-state index in [1.54, 1.807) is 0 Å². The third-order valence-electron chi connectivity index (χ3n) is 3.43. The molecular weight excluding hydrogens is 299 g/mol. The van der Waals surface area contributed by atoms with Gasteiger partial charge in [-0.1, -0.05) is 30.3 Å². The Labute approximate surface area is 134 Å². The first-order valence-electron chi connectivity index (χ1n) is 7.48. The fraction of sp³-hybridized carbons (Fsp3) is 0.211. The van der Waals surface area contributed by atoms with Gasteiger partial charge in [-0.2, -0.15) is 0 Å². The first kappa shape index (κ1) is 17.0. The molecule has 0 radical (unpaired) electrons. The molecule has 0 heterocycles. The third-order valence-corrected chi connectivity index (χ3v) is 3.43. The monoisotopic (exact) mass is 317 g/mol. The molecule has 4 heteroatoms. The molecule has 2 aromatic carbocycles. The number of unbranched alkanes of at least 4 members (excludes halogenated alkanes) is 2. The highest BCUT2D eigenvalue weighted by Crippen LogP contribution is 2.19. The van der Waals surface area contributed by atoms with Crippen molar-refractivity contribution in [3.05, 3.63) is 77.6 Å². The van der Waals surface area contributed by atoms with Crippen LogP contribution in [0.15, 0.2) is 54.0 Å². The minimum absolute atomic E-state index is 0.0369. The number of hydrogen-bond donors (Lipinski definition) is 0. The molecule has 0 aliphatic heterocycles. The van der Waals surface area contributed by atoms with Gasteiger partial charge in [0.15, 0.2) is 17.5 Å². The minimum Gasteiger partial charge on any atom is -0.256 e. The highest BCUT2D eigenvalue weighted by atomic mass is 19.2. The summed E-state index contributed by atoms with van der Waals surface area (Å²) in [6.07, 6.45) is 7.66. The van der Waals surface area contributed by atoms with Gasteiger partial charge in [0.1, 0.15) is 0 Å². The Bertz CT molecular complexity index is 667. The molecule has 0 bridgehead atoms. The van der Waals surface area contributed by atoms with Crippen molar-refractivity contribution in [2.75, 3.05) is 0 Å². The Morgan fingerprint density at radius 2 is 1.61 bits per heavy atom. The summed E-state index contributed by atoms with van der Waals surface area (Å²) in [5.41, 5.74) is 2.07. The van der Waals surface area contributed by atoms with E-state index in [0.717, 1.165) is 43.4 Å². The quantitative estimate of drug-likeness (QED) is 0.267. The van der Waals surface area contributed by atoms with E-state index in [1.807, 2.05) is 30.3 Å². The molecule has 0 amide bonds. The van der Waals surface area contributed by atoms with Gasteiger partial charge in [-0.05, 0) is 36.8 Å². The summed E-state index contributed by atoms with van der Waals surface area (Å²) in [4.78, 5) is 3.97. The van der Waals surface area contributed by atoms with E-state index in [4.69, 9.17) is 0 Å². The van der Waals surface area contributed by atoms with Crippen molar-refractivity contribution in [2.45, 2.75) is 25.7 Å². The molecule has 0 spiro atoms. The molecule has 0 aliphatic rings. The van der Waals surface area contributed by atoms with Crippen LogP contribution in [0.5, 0.6) is 0 Å². The maximum atomic E-state index is 13.1. The predicted molar refractivity (Wildman–Crippen MR) is 87.8 cm³/mol. The second kappa shape index (κ2) is 8.32. The number of allylic oxidation sites excluding steroid dienone is 1. The lowest BCUT2D eigenvalue weighted by molar-refractivity contribution is 0.447. The molecule has 0 saturated carbocycles. The molecule has 23 heavy (non-hydrogen) atoms. The van der Waals surface area contributed by atoms with E-state index >= 15 is 0 Å². The van der Waals surface area contributed by atoms with Crippen molar-refractivity contribution >= 4 is 11.9 Å². The zero-order valence-electron chi connectivity index (χ0n) is 12.7. The fourth-order valence-electron chi connectivity index (χ4n) is 2.15. The van der Waals surface area contributed by atoms with Crippen LogP contribution in [-0.2, 0) is 6.42 Å². The molecule has 0 fully saturated rings. The summed E-state index contributed by atoms with van der Waals surface area (Å²) < 4.78 is 39.1. The highest BCUT2D eigenvalue weighted by Gasteiger charge is 2.09. The Morgan fingerprint density at radius 1 is 0.957 bits per heavy atom. The van der Waals surface area contributed by atoms with Crippen LogP contribution < -0.4 is 0 Å². The van der Waals surface area contributed by atoms with E-state index in [-0.39, 0.29) is 5.69 Å². The maximum Gasteiger partial charge on any atom is 0.194 e. The molecule has 2 rings (SSSR count). The normalized spacial score (nSPS) is 11.1. The Balaban J connectivity index is 1.99. The van der Waals surface area contributed by atoms with Crippen LogP contribution in [0.3, 0.4) is 0 Å². The van der Waals surface area contributed by atoms with Gasteiger partial charge >= 0.3 is 0 Å². The molecule has 0 N–H and O–H groups in total. The molecule has 0 unspecified atom stereocenters. The van der Waals surface area contributed by atoms with Crippen molar-refractivity contribution in [1.29, 1.82) is 0 Å². The smallest absolute Gasteiger partial charge is 0.194 e. The van der Waals surface area contributed by atoms with Gasteiger partial charge in [-0.25, -0.2) is 13.2 Å². The number of rotatable bonds is 7. The minimum atomic E-state index is -1.48. The van der Waals surface area contributed by atoms with Gasteiger partial charge < -0.3 is 0 Å². The largest absolute Gasteiger partial charge is 0.256 e. The molecule has 2 aromatic rings. The molecule has 120 valence electrons. The van der Waals surface area contributed by atoms with E-state index in [0.29, 0.717) is 0 Å². The van der Waals surface area contributed by atoms with Crippen molar-refractivity contribution in [3.63, 3.8) is 0 Å². The second-order valence-electron chi connectivity index (χ2n) is 5.26. The SMILES string of the molecule is C=CCCCCc1ccc(C=Nc2cc(F)c(F)c(F)c2)cc1. The topological polar surface area (TPSA) is 12.4 Å². The predicted octanol–water partition coefficient (Wildman–Crippen LogP) is 5.75. The van der Waals surface area contributed by atoms with E-state index < -0.39 is 17.5 Å². The van der Waals surface area contributed by atoms with Crippen LogP contribution in [0, 0.1) is 17.5 Å². The summed E-state index contributed by atoms with van der Waals surface area (Å²) in [6, 6.07) is 9.51. The average molecular weight is 317 g/mol. The zero-order chi connectivity index (χ0) is 16.7. The van der Waals surface area contributed by atoms with Gasteiger partial charge in [0.25, 0.3) is 0 Å². The van der Waals surface area contributed by atoms with Crippen LogP contribution in [0.2, 0.25) is 0 Å². The van der Waals surface area contributed by atoms with Crippen LogP contribution in [0.4, 0.5) is 18.9 Å². The standard InChI is InChI=1S/C19H18F3N/c1-2-3-4-5-6-14-7-9-15(10-8-14)13-23-16-11-17(20)19(22)18(21)12-16/h2,7-13H,1,3-6H2. The van der Waals surface area contributed by atoms with Gasteiger partial charge in [0.2, 0.25) is 0 Å². The molecular formula is C19H18F3N. The van der Waals surface area contributed by atoms with Crippen molar-refractivity contribution in [1.82, 2.24) is 0 Å². The molecule has 0 saturated heterocycles. The van der Waals surface area contributed by atoms with E-state index in [2.05, 4.69) is 11.6 Å². The summed E-state index contributed by atoms with van der Waals surface area (Å²) >= 11 is 0. The molecule has 0 aromatic heterocycles. The van der Waals surface area contributed by atoms with Crippen LogP contribution in [0.25, 0.3) is 0 Å². The number of aryl methyl sites for hydroxylation is 1. The lowest BCUT2D eigenvalue weighted by Crippen LogP contribution is -1.90. The number of benzene rings is 2. The van der Waals surface area contributed by atoms with Crippen LogP contribution in [-0.4, -0.2) is 6.21 Å². The van der Waals surface area contributed by atoms with Gasteiger partial charge in [-0.3, -0.25) is 4.99 Å². The number of aliphatic imine (C=N–C) groups is 1. The average Bonchev–Trinajstić information content (AvgIpc) is 2.55. The van der Waals surface area contributed by atoms with Crippen LogP contribution >= 0.6 is 0 Å². The zero-order valence-corrected chi connectivity index (χ0v) is 12.7. The Hall–Kier alpha value is -2.36. The summed E-state index contributed by atoms with van der Waals surface area (Å²) in [5.74, 6) is -3.97. The Morgan fingerprint density at radius 3 is 2.22 bits per heavy atom. The lowest BCUT2D eigenvalue weighted by Gasteiger charge is -2.01. The number of hydrogen-bond acceptors (Lipinski definition) is 1. The van der Waals surface area contributed by atoms with Crippen molar-refractivity contribution < 1.29 is 13.2 Å². The highest BCUT2D eigenvalue weighted by molar-refractivity contribution is 5.81. The van der Waals surface area contributed by atoms with Crippen molar-refractivity contribution in [3.8, 4) is 0 Å². The van der Waals surface area contributed by atoms with Gasteiger partial charge in [0, 0.05) is 18.3 Å². The molecule has 1 nitrogen and oxygen atoms in total. The third kappa shape index (κ3) is 5.09. The van der Waals surface area contributed by atoms with Crippen LogP contribution in [0.1, 0.15) is 30.4 Å². The number of halogens is 3. The first-order chi connectivity index (χ1) is 11.1. The summed E-state index contributed by atoms with van der Waals surface area (Å²) in [6.45, 7) is 3.70. The van der Waals surface area contributed by atoms with Crippen molar-refractivity contribution in [2.24, 2.45) is 4.99 Å². The molecule has 0 aliphatic carbocycles. The first-order valence-corrected chi connectivity index (χ1v) is 7.48. The maximum absolute atomic E-state index is 13.1. The van der Waals surface area contributed by atoms with E-state index in [1.165, 1.54) is 11.8 Å². The van der Waals surface area contributed by atoms with Gasteiger partial charge in [-0.15, -0.1) is 6.58 Å². The Kier molecular flexibility index (Phi) is 6.15. The lowest BCUT2D eigenvalue weighted by atomic mass is 10.1. The van der Waals surface area contributed by atoms with E-state index in [9.17, 15) is 13.2 Å².